The van der Waals surface area contributed by atoms with E-state index in [0.717, 1.165) is 18.4 Å². The van der Waals surface area contributed by atoms with Crippen LogP contribution in [-0.2, 0) is 0 Å². The van der Waals surface area contributed by atoms with Crippen LogP contribution in [0.1, 0.15) is 67.7 Å². The van der Waals surface area contributed by atoms with Gasteiger partial charge < -0.3 is 10.2 Å². The zero-order valence-corrected chi connectivity index (χ0v) is 14.6. The minimum Gasteiger partial charge on any atom is -0.312 e. The maximum absolute atomic E-state index is 3.56. The van der Waals surface area contributed by atoms with Gasteiger partial charge >= 0.3 is 0 Å². The molecule has 0 radical (unpaired) electrons. The summed E-state index contributed by atoms with van der Waals surface area (Å²) in [6.45, 7) is 20.9. The minimum absolute atomic E-state index is 0.265. The molecule has 0 aliphatic rings. The van der Waals surface area contributed by atoms with Crippen molar-refractivity contribution in [3.05, 3.63) is 0 Å². The van der Waals surface area contributed by atoms with Crippen molar-refractivity contribution in [2.75, 3.05) is 26.2 Å². The summed E-state index contributed by atoms with van der Waals surface area (Å²) >= 11 is 0. The molecule has 19 heavy (non-hydrogen) atoms. The topological polar surface area (TPSA) is 15.3 Å². The van der Waals surface area contributed by atoms with Crippen LogP contribution in [0.4, 0.5) is 0 Å². The van der Waals surface area contributed by atoms with Crippen LogP contribution < -0.4 is 5.32 Å². The lowest BCUT2D eigenvalue weighted by Gasteiger charge is -2.26. The molecule has 0 aromatic rings. The van der Waals surface area contributed by atoms with Crippen molar-refractivity contribution in [1.29, 1.82) is 0 Å². The second kappa shape index (κ2) is 9.77. The monoisotopic (exact) mass is 270 g/mol. The summed E-state index contributed by atoms with van der Waals surface area (Å²) in [6, 6.07) is 0. The molecular formula is C17H38N2. The number of hydrogen-bond acceptors (Lipinski definition) is 2. The van der Waals surface area contributed by atoms with E-state index in [-0.39, 0.29) is 5.54 Å². The van der Waals surface area contributed by atoms with Crippen LogP contribution in [0, 0.1) is 11.8 Å². The Hall–Kier alpha value is -0.0800. The van der Waals surface area contributed by atoms with Gasteiger partial charge in [0.1, 0.15) is 0 Å². The first-order valence-electron chi connectivity index (χ1n) is 8.18. The van der Waals surface area contributed by atoms with E-state index in [2.05, 4.69) is 58.7 Å². The van der Waals surface area contributed by atoms with E-state index in [0.29, 0.717) is 0 Å². The van der Waals surface area contributed by atoms with E-state index in [1.165, 1.54) is 38.9 Å². The van der Waals surface area contributed by atoms with Gasteiger partial charge in [0.15, 0.2) is 0 Å². The van der Waals surface area contributed by atoms with Crippen LogP contribution >= 0.6 is 0 Å². The first kappa shape index (κ1) is 18.9. The van der Waals surface area contributed by atoms with Gasteiger partial charge in [0.2, 0.25) is 0 Å². The van der Waals surface area contributed by atoms with Gasteiger partial charge in [-0.2, -0.15) is 0 Å². The molecule has 2 heteroatoms. The zero-order valence-electron chi connectivity index (χ0n) is 14.6. The van der Waals surface area contributed by atoms with E-state index in [4.69, 9.17) is 0 Å². The molecule has 0 aliphatic heterocycles. The number of unbranched alkanes of at least 4 members (excludes halogenated alkanes) is 2. The van der Waals surface area contributed by atoms with Crippen LogP contribution in [0.15, 0.2) is 0 Å². The predicted molar refractivity (Wildman–Crippen MR) is 87.7 cm³/mol. The van der Waals surface area contributed by atoms with E-state index in [1.54, 1.807) is 0 Å². The Labute approximate surface area is 122 Å². The van der Waals surface area contributed by atoms with Crippen LogP contribution in [0.5, 0.6) is 0 Å². The van der Waals surface area contributed by atoms with Gasteiger partial charge in [0, 0.05) is 18.6 Å². The summed E-state index contributed by atoms with van der Waals surface area (Å²) in [5.74, 6) is 1.56. The highest BCUT2D eigenvalue weighted by molar-refractivity contribution is 4.70. The smallest absolute Gasteiger partial charge is 0.00965 e. The Morgan fingerprint density at radius 1 is 0.842 bits per heavy atom. The molecule has 0 saturated carbocycles. The predicted octanol–water partition coefficient (Wildman–Crippen LogP) is 4.16. The second-order valence-corrected chi connectivity index (χ2v) is 7.78. The molecule has 0 spiro atoms. The summed E-state index contributed by atoms with van der Waals surface area (Å²) in [4.78, 5) is 2.65. The molecule has 0 aromatic carbocycles. The fourth-order valence-corrected chi connectivity index (χ4v) is 2.39. The van der Waals surface area contributed by atoms with Gasteiger partial charge in [-0.3, -0.25) is 0 Å². The van der Waals surface area contributed by atoms with Crippen molar-refractivity contribution in [2.45, 2.75) is 73.3 Å². The molecule has 1 N–H and O–H groups in total. The largest absolute Gasteiger partial charge is 0.312 e. The van der Waals surface area contributed by atoms with Crippen LogP contribution in [0.25, 0.3) is 0 Å². The Morgan fingerprint density at radius 3 is 1.79 bits per heavy atom. The third-order valence-electron chi connectivity index (χ3n) is 3.05. The summed E-state index contributed by atoms with van der Waals surface area (Å²) in [5, 5.41) is 3.56. The van der Waals surface area contributed by atoms with Crippen LogP contribution in [-0.4, -0.2) is 36.6 Å². The number of nitrogens with zero attached hydrogens (tertiary/aromatic N) is 1. The van der Waals surface area contributed by atoms with Gasteiger partial charge in [-0.1, -0.05) is 34.1 Å². The molecule has 0 amide bonds. The maximum Gasteiger partial charge on any atom is 0.00965 e. The molecule has 0 aromatic heterocycles. The highest BCUT2D eigenvalue weighted by Crippen LogP contribution is 2.07. The molecule has 0 heterocycles. The van der Waals surface area contributed by atoms with Gasteiger partial charge in [-0.15, -0.1) is 0 Å². The van der Waals surface area contributed by atoms with E-state index < -0.39 is 0 Å². The van der Waals surface area contributed by atoms with Gasteiger partial charge in [-0.25, -0.2) is 0 Å². The third kappa shape index (κ3) is 14.1. The fraction of sp³-hybridized carbons (Fsp3) is 1.00. The molecule has 0 atom stereocenters. The van der Waals surface area contributed by atoms with E-state index in [9.17, 15) is 0 Å². The number of hydrogen-bond donors (Lipinski definition) is 1. The molecule has 0 aliphatic carbocycles. The molecule has 0 unspecified atom stereocenters. The quantitative estimate of drug-likeness (QED) is 0.600. The third-order valence-corrected chi connectivity index (χ3v) is 3.05. The number of nitrogens with one attached hydrogen (secondary N) is 1. The Kier molecular flexibility index (Phi) is 9.72. The molecule has 116 valence electrons. The normalized spacial score (nSPS) is 12.9. The van der Waals surface area contributed by atoms with Crippen molar-refractivity contribution in [2.24, 2.45) is 11.8 Å². The lowest BCUT2D eigenvalue weighted by Crippen LogP contribution is -2.36. The lowest BCUT2D eigenvalue weighted by molar-refractivity contribution is 0.215. The molecular weight excluding hydrogens is 232 g/mol. The average Bonchev–Trinajstić information content (AvgIpc) is 2.19. The Morgan fingerprint density at radius 2 is 1.37 bits per heavy atom. The second-order valence-electron chi connectivity index (χ2n) is 7.78. The molecule has 2 nitrogen and oxygen atoms in total. The van der Waals surface area contributed by atoms with E-state index in [1.807, 2.05) is 0 Å². The molecule has 0 saturated heterocycles. The first-order chi connectivity index (χ1) is 8.70. The van der Waals surface area contributed by atoms with E-state index >= 15 is 0 Å². The fourth-order valence-electron chi connectivity index (χ4n) is 2.39. The average molecular weight is 271 g/mol. The van der Waals surface area contributed by atoms with Gasteiger partial charge in [0.05, 0.1) is 0 Å². The Bertz CT molecular complexity index is 194. The van der Waals surface area contributed by atoms with Crippen LogP contribution in [0.2, 0.25) is 0 Å². The van der Waals surface area contributed by atoms with Crippen molar-refractivity contribution in [1.82, 2.24) is 10.2 Å². The van der Waals surface area contributed by atoms with Crippen molar-refractivity contribution in [3.8, 4) is 0 Å². The molecule has 0 fully saturated rings. The van der Waals surface area contributed by atoms with Gasteiger partial charge in [-0.05, 0) is 58.5 Å². The molecule has 0 bridgehead atoms. The zero-order chi connectivity index (χ0) is 14.9. The summed E-state index contributed by atoms with van der Waals surface area (Å²) in [5.41, 5.74) is 0.265. The van der Waals surface area contributed by atoms with Gasteiger partial charge in [0.25, 0.3) is 0 Å². The van der Waals surface area contributed by atoms with Crippen molar-refractivity contribution < 1.29 is 0 Å². The highest BCUT2D eigenvalue weighted by Gasteiger charge is 2.09. The number of rotatable bonds is 10. The molecule has 0 rings (SSSR count). The summed E-state index contributed by atoms with van der Waals surface area (Å²) in [7, 11) is 0. The lowest BCUT2D eigenvalue weighted by atomic mass is 10.1. The standard InChI is InChI=1S/C17H38N2/c1-15(2)13-19(14-16(3)4)12-10-8-9-11-18-17(5,6)7/h15-16,18H,8-14H2,1-7H3. The first-order valence-corrected chi connectivity index (χ1v) is 8.18. The SMILES string of the molecule is CC(C)CN(CCCCCNC(C)(C)C)CC(C)C. The Balaban J connectivity index is 3.68. The van der Waals surface area contributed by atoms with Crippen molar-refractivity contribution >= 4 is 0 Å². The van der Waals surface area contributed by atoms with Crippen molar-refractivity contribution in [3.63, 3.8) is 0 Å². The maximum atomic E-state index is 3.56. The minimum atomic E-state index is 0.265. The summed E-state index contributed by atoms with van der Waals surface area (Å²) < 4.78 is 0. The summed E-state index contributed by atoms with van der Waals surface area (Å²) in [6.07, 6.45) is 3.98. The highest BCUT2D eigenvalue weighted by atomic mass is 15.1. The van der Waals surface area contributed by atoms with Crippen LogP contribution in [0.3, 0.4) is 0 Å².